The van der Waals surface area contributed by atoms with Gasteiger partial charge in [-0.2, -0.15) is 0 Å². The smallest absolute Gasteiger partial charge is 0.258 e. The van der Waals surface area contributed by atoms with Crippen molar-refractivity contribution in [1.29, 1.82) is 0 Å². The fourth-order valence-corrected chi connectivity index (χ4v) is 2.14. The van der Waals surface area contributed by atoms with Gasteiger partial charge in [-0.15, -0.1) is 0 Å². The molecule has 0 radical (unpaired) electrons. The third kappa shape index (κ3) is 3.47. The number of ether oxygens (including phenoxy) is 1. The number of hydrogen-bond acceptors (Lipinski definition) is 3. The lowest BCUT2D eigenvalue weighted by atomic mass is 10.1. The van der Waals surface area contributed by atoms with Crippen LogP contribution in [0, 0.1) is 13.8 Å². The van der Waals surface area contributed by atoms with Gasteiger partial charge in [0.05, 0.1) is 6.04 Å². The van der Waals surface area contributed by atoms with E-state index in [0.29, 0.717) is 13.0 Å². The van der Waals surface area contributed by atoms with Gasteiger partial charge >= 0.3 is 0 Å². The molecule has 0 aliphatic carbocycles. The zero-order valence-electron chi connectivity index (χ0n) is 11.2. The molecule has 1 aliphatic rings. The summed E-state index contributed by atoms with van der Waals surface area (Å²) in [6.45, 7) is 4.35. The lowest BCUT2D eigenvalue weighted by molar-refractivity contribution is -0.123. The largest absolute Gasteiger partial charge is 0.483 e. The molecule has 0 saturated carbocycles. The maximum Gasteiger partial charge on any atom is 0.258 e. The number of para-hydroxylation sites is 1. The van der Waals surface area contributed by atoms with Gasteiger partial charge < -0.3 is 15.4 Å². The first-order valence-electron chi connectivity index (χ1n) is 6.31. The minimum absolute atomic E-state index is 0.0269. The van der Waals surface area contributed by atoms with Crippen molar-refractivity contribution in [2.45, 2.75) is 26.3 Å². The highest BCUT2D eigenvalue weighted by Gasteiger charge is 2.22. The fraction of sp³-hybridized carbons (Fsp3) is 0.429. The highest BCUT2D eigenvalue weighted by atomic mass is 16.5. The van der Waals surface area contributed by atoms with Crippen molar-refractivity contribution in [2.24, 2.45) is 0 Å². The number of nitrogens with one attached hydrogen (secondary N) is 2. The Kier molecular flexibility index (Phi) is 4.04. The molecule has 1 atom stereocenters. The van der Waals surface area contributed by atoms with Crippen molar-refractivity contribution in [3.05, 3.63) is 29.3 Å². The van der Waals surface area contributed by atoms with E-state index in [1.54, 1.807) is 0 Å². The van der Waals surface area contributed by atoms with Gasteiger partial charge in [0.1, 0.15) is 5.75 Å². The Morgan fingerprint density at radius 1 is 1.42 bits per heavy atom. The first kappa shape index (κ1) is 13.4. The van der Waals surface area contributed by atoms with E-state index in [1.807, 2.05) is 32.0 Å². The van der Waals surface area contributed by atoms with Crippen molar-refractivity contribution in [2.75, 3.05) is 13.2 Å². The Bertz CT molecular complexity index is 479. The van der Waals surface area contributed by atoms with Crippen LogP contribution in [0.2, 0.25) is 0 Å². The molecule has 1 saturated heterocycles. The average Bonchev–Trinajstić information content (AvgIpc) is 2.74. The fourth-order valence-electron chi connectivity index (χ4n) is 2.14. The van der Waals surface area contributed by atoms with Crippen LogP contribution in [0.25, 0.3) is 0 Å². The van der Waals surface area contributed by atoms with E-state index >= 15 is 0 Å². The molecule has 19 heavy (non-hydrogen) atoms. The molecule has 2 N–H and O–H groups in total. The lowest BCUT2D eigenvalue weighted by Gasteiger charge is -2.13. The minimum atomic E-state index is -0.204. The molecule has 5 nitrogen and oxygen atoms in total. The molecule has 1 aliphatic heterocycles. The van der Waals surface area contributed by atoms with E-state index < -0.39 is 0 Å². The maximum absolute atomic E-state index is 11.7. The van der Waals surface area contributed by atoms with Crippen LogP contribution in [0.3, 0.4) is 0 Å². The first-order chi connectivity index (χ1) is 9.06. The quantitative estimate of drug-likeness (QED) is 0.839. The van der Waals surface area contributed by atoms with Crippen LogP contribution < -0.4 is 15.4 Å². The summed E-state index contributed by atoms with van der Waals surface area (Å²) in [6.07, 6.45) is 0.342. The molecule has 2 amide bonds. The summed E-state index contributed by atoms with van der Waals surface area (Å²) in [4.78, 5) is 22.7. The topological polar surface area (TPSA) is 67.4 Å². The van der Waals surface area contributed by atoms with E-state index in [2.05, 4.69) is 10.6 Å². The SMILES string of the molecule is Cc1cccc(C)c1OCC(=O)NC1CNC(=O)C1. The second kappa shape index (κ2) is 5.73. The van der Waals surface area contributed by atoms with E-state index in [0.717, 1.165) is 16.9 Å². The highest BCUT2D eigenvalue weighted by Crippen LogP contribution is 2.21. The number of benzene rings is 1. The number of hydrogen-bond donors (Lipinski definition) is 2. The van der Waals surface area contributed by atoms with E-state index in [9.17, 15) is 9.59 Å². The van der Waals surface area contributed by atoms with Crippen LogP contribution >= 0.6 is 0 Å². The van der Waals surface area contributed by atoms with Crippen molar-refractivity contribution < 1.29 is 14.3 Å². The Labute approximate surface area is 112 Å². The zero-order valence-corrected chi connectivity index (χ0v) is 11.2. The van der Waals surface area contributed by atoms with Gasteiger partial charge in [-0.25, -0.2) is 0 Å². The molecule has 5 heteroatoms. The predicted molar refractivity (Wildman–Crippen MR) is 71.0 cm³/mol. The van der Waals surface area contributed by atoms with Crippen LogP contribution in [0.15, 0.2) is 18.2 Å². The van der Waals surface area contributed by atoms with Crippen LogP contribution in [0.1, 0.15) is 17.5 Å². The van der Waals surface area contributed by atoms with Crippen LogP contribution in [0.5, 0.6) is 5.75 Å². The van der Waals surface area contributed by atoms with Gasteiger partial charge in [0.2, 0.25) is 5.91 Å². The van der Waals surface area contributed by atoms with Crippen molar-refractivity contribution in [3.63, 3.8) is 0 Å². The van der Waals surface area contributed by atoms with Gasteiger partial charge in [0, 0.05) is 13.0 Å². The first-order valence-corrected chi connectivity index (χ1v) is 6.31. The van der Waals surface area contributed by atoms with E-state index in [1.165, 1.54) is 0 Å². The number of amides is 2. The van der Waals surface area contributed by atoms with Gasteiger partial charge in [-0.05, 0) is 25.0 Å². The third-order valence-electron chi connectivity index (χ3n) is 3.10. The van der Waals surface area contributed by atoms with Gasteiger partial charge in [-0.3, -0.25) is 9.59 Å². The number of carbonyl (C=O) groups is 2. The number of aryl methyl sites for hydroxylation is 2. The average molecular weight is 262 g/mol. The second-order valence-corrected chi connectivity index (χ2v) is 4.78. The maximum atomic E-state index is 11.7. The molecular weight excluding hydrogens is 244 g/mol. The van der Waals surface area contributed by atoms with Gasteiger partial charge in [0.25, 0.3) is 5.91 Å². The summed E-state index contributed by atoms with van der Waals surface area (Å²) in [7, 11) is 0. The molecule has 1 unspecified atom stereocenters. The molecule has 1 heterocycles. The summed E-state index contributed by atoms with van der Waals surface area (Å²) < 4.78 is 5.55. The summed E-state index contributed by atoms with van der Waals surface area (Å²) in [5, 5.41) is 5.44. The molecule has 0 bridgehead atoms. The molecule has 0 spiro atoms. The summed E-state index contributed by atoms with van der Waals surface area (Å²) in [6, 6.07) is 5.72. The van der Waals surface area contributed by atoms with Crippen molar-refractivity contribution in [3.8, 4) is 5.75 Å². The normalized spacial score (nSPS) is 18.0. The second-order valence-electron chi connectivity index (χ2n) is 4.78. The number of rotatable bonds is 4. The van der Waals surface area contributed by atoms with E-state index in [-0.39, 0.29) is 24.5 Å². The Balaban J connectivity index is 1.85. The molecule has 2 rings (SSSR count). The van der Waals surface area contributed by atoms with Crippen LogP contribution in [0.4, 0.5) is 0 Å². The third-order valence-corrected chi connectivity index (χ3v) is 3.10. The molecule has 1 fully saturated rings. The Morgan fingerprint density at radius 2 is 2.11 bits per heavy atom. The van der Waals surface area contributed by atoms with Gasteiger partial charge in [-0.1, -0.05) is 18.2 Å². The standard InChI is InChI=1S/C14H18N2O3/c1-9-4-3-5-10(2)14(9)19-8-13(18)16-11-6-12(17)15-7-11/h3-5,11H,6-8H2,1-2H3,(H,15,17)(H,16,18). The van der Waals surface area contributed by atoms with Crippen LogP contribution in [-0.4, -0.2) is 31.0 Å². The monoisotopic (exact) mass is 262 g/mol. The Morgan fingerprint density at radius 3 is 2.68 bits per heavy atom. The summed E-state index contributed by atoms with van der Waals surface area (Å²) in [5.41, 5.74) is 2.01. The minimum Gasteiger partial charge on any atom is -0.483 e. The zero-order chi connectivity index (χ0) is 13.8. The number of carbonyl (C=O) groups excluding carboxylic acids is 2. The predicted octanol–water partition coefficient (Wildman–Crippen LogP) is 0.687. The van der Waals surface area contributed by atoms with Crippen molar-refractivity contribution >= 4 is 11.8 Å². The lowest BCUT2D eigenvalue weighted by Crippen LogP contribution is -2.39. The molecular formula is C14H18N2O3. The van der Waals surface area contributed by atoms with E-state index in [4.69, 9.17) is 4.74 Å². The summed E-state index contributed by atoms with van der Waals surface area (Å²) in [5.74, 6) is 0.517. The van der Waals surface area contributed by atoms with Gasteiger partial charge in [0.15, 0.2) is 6.61 Å². The molecule has 1 aromatic rings. The molecule has 1 aromatic carbocycles. The molecule has 0 aromatic heterocycles. The highest BCUT2D eigenvalue weighted by molar-refractivity contribution is 5.82. The van der Waals surface area contributed by atoms with Crippen LogP contribution in [-0.2, 0) is 9.59 Å². The summed E-state index contributed by atoms with van der Waals surface area (Å²) >= 11 is 0. The molecule has 102 valence electrons. The Hall–Kier alpha value is -2.04. The van der Waals surface area contributed by atoms with Crippen molar-refractivity contribution in [1.82, 2.24) is 10.6 Å².